The molecule has 11 nitrogen and oxygen atoms in total. The van der Waals surface area contributed by atoms with Gasteiger partial charge in [0.05, 0.1) is 12.9 Å². The number of aromatic nitrogens is 2. The van der Waals surface area contributed by atoms with Crippen LogP contribution in [0.25, 0.3) is 0 Å². The maximum atomic E-state index is 12.2. The number of hydrogen-bond acceptors (Lipinski definition) is 6. The van der Waals surface area contributed by atoms with Gasteiger partial charge in [-0.1, -0.05) is 5.22 Å². The Morgan fingerprint density at radius 2 is 2.26 bits per heavy atom. The number of carbonyl (C=O) groups excluding carboxylic acids is 1. The summed E-state index contributed by atoms with van der Waals surface area (Å²) in [5.74, 6) is 0.462. The normalized spacial score (nSPS) is 20.3. The number of nitrogens with two attached hydrogens (primary N) is 1. The Morgan fingerprint density at radius 3 is 2.85 bits per heavy atom. The van der Waals surface area contributed by atoms with Crippen molar-refractivity contribution in [1.82, 2.24) is 24.7 Å². The maximum absolute atomic E-state index is 12.2. The van der Waals surface area contributed by atoms with Crippen molar-refractivity contribution >= 4 is 42.6 Å². The SMILES string of the molecule is CN(C)N=Nc1nc[nH]c1C(N)=O.O=P1(NCCCl)OCCCN1CCCl. The van der Waals surface area contributed by atoms with Crippen LogP contribution < -0.4 is 10.8 Å². The lowest BCUT2D eigenvalue weighted by atomic mass is 10.4. The fourth-order valence-electron chi connectivity index (χ4n) is 1.99. The molecule has 2 heterocycles. The van der Waals surface area contributed by atoms with Gasteiger partial charge in [0, 0.05) is 45.5 Å². The molecule has 1 atom stereocenters. The van der Waals surface area contributed by atoms with Gasteiger partial charge in [0.25, 0.3) is 5.91 Å². The first kappa shape index (κ1) is 23.8. The predicted octanol–water partition coefficient (Wildman–Crippen LogP) is 1.95. The Labute approximate surface area is 168 Å². The third-order valence-corrected chi connectivity index (χ3v) is 5.79. The molecule has 1 aliphatic rings. The maximum Gasteiger partial charge on any atom is 0.343 e. The van der Waals surface area contributed by atoms with Gasteiger partial charge in [-0.25, -0.2) is 14.7 Å². The molecule has 1 saturated heterocycles. The number of carbonyl (C=O) groups is 1. The molecule has 1 aliphatic heterocycles. The van der Waals surface area contributed by atoms with Crippen molar-refractivity contribution in [1.29, 1.82) is 0 Å². The highest BCUT2D eigenvalue weighted by molar-refractivity contribution is 7.54. The van der Waals surface area contributed by atoms with Gasteiger partial charge in [0.2, 0.25) is 5.82 Å². The average molecular weight is 443 g/mol. The molecule has 1 unspecified atom stereocenters. The second-order valence-corrected chi connectivity index (χ2v) is 8.39. The van der Waals surface area contributed by atoms with Gasteiger partial charge in [-0.3, -0.25) is 14.4 Å². The summed E-state index contributed by atoms with van der Waals surface area (Å²) in [6, 6.07) is 0. The Hall–Kier alpha value is -1.23. The Bertz CT molecular complexity index is 655. The Kier molecular flexibility index (Phi) is 10.8. The molecule has 14 heteroatoms. The van der Waals surface area contributed by atoms with Crippen LogP contribution in [0.3, 0.4) is 0 Å². The second kappa shape index (κ2) is 12.3. The number of aromatic amines is 1. The Morgan fingerprint density at radius 1 is 1.52 bits per heavy atom. The van der Waals surface area contributed by atoms with E-state index in [2.05, 4.69) is 25.4 Å². The van der Waals surface area contributed by atoms with Gasteiger partial charge in [-0.05, 0) is 6.42 Å². The van der Waals surface area contributed by atoms with Crippen LogP contribution in [0.2, 0.25) is 0 Å². The first-order valence-corrected chi connectivity index (χ1v) is 10.8. The number of alkyl halides is 2. The third-order valence-electron chi connectivity index (χ3n) is 3.13. The predicted molar refractivity (Wildman–Crippen MR) is 104 cm³/mol. The molecule has 0 aliphatic carbocycles. The molecule has 1 amide bonds. The smallest absolute Gasteiger partial charge is 0.343 e. The number of nitrogens with zero attached hydrogens (tertiary/aromatic N) is 5. The summed E-state index contributed by atoms with van der Waals surface area (Å²) in [7, 11) is 0.575. The summed E-state index contributed by atoms with van der Waals surface area (Å²) < 4.78 is 19.2. The summed E-state index contributed by atoms with van der Waals surface area (Å²) in [6.45, 7) is 2.36. The van der Waals surface area contributed by atoms with E-state index in [-0.39, 0.29) is 11.5 Å². The number of halogens is 2. The van der Waals surface area contributed by atoms with Crippen LogP contribution in [-0.2, 0) is 9.09 Å². The molecular weight excluding hydrogens is 418 g/mol. The monoisotopic (exact) mass is 442 g/mol. The molecular formula is C13H25Cl2N8O3P. The molecule has 0 saturated carbocycles. The fourth-order valence-corrected chi connectivity index (χ4v) is 4.54. The van der Waals surface area contributed by atoms with E-state index in [1.807, 2.05) is 0 Å². The second-order valence-electron chi connectivity index (χ2n) is 5.45. The standard InChI is InChI=1S/C7H15Cl2N2O2P.C6H10N6O/c8-2-4-10-14(12)11(6-3-9)5-1-7-13-14;1-12(2)11-10-6-4(5(7)13)8-3-9-6/h1-7H2,(H,10,12);3H,1-2H3,(H2,7,13)(H,8,9). The summed E-state index contributed by atoms with van der Waals surface area (Å²) >= 11 is 11.1. The number of amides is 1. The lowest BCUT2D eigenvalue weighted by Gasteiger charge is -2.34. The van der Waals surface area contributed by atoms with E-state index in [1.54, 1.807) is 18.8 Å². The summed E-state index contributed by atoms with van der Waals surface area (Å²) in [4.78, 5) is 17.1. The van der Waals surface area contributed by atoms with Gasteiger partial charge >= 0.3 is 7.67 Å². The number of rotatable bonds is 8. The van der Waals surface area contributed by atoms with Gasteiger partial charge in [-0.15, -0.1) is 28.3 Å². The molecule has 27 heavy (non-hydrogen) atoms. The quantitative estimate of drug-likeness (QED) is 0.241. The number of imidazole rings is 1. The van der Waals surface area contributed by atoms with E-state index in [0.29, 0.717) is 31.5 Å². The molecule has 0 spiro atoms. The van der Waals surface area contributed by atoms with Crippen LogP contribution in [0.15, 0.2) is 16.7 Å². The zero-order valence-corrected chi connectivity index (χ0v) is 17.7. The van der Waals surface area contributed by atoms with E-state index < -0.39 is 13.6 Å². The van der Waals surface area contributed by atoms with Crippen LogP contribution in [0.5, 0.6) is 0 Å². The van der Waals surface area contributed by atoms with E-state index in [1.165, 1.54) is 11.3 Å². The lowest BCUT2D eigenvalue weighted by Crippen LogP contribution is -2.36. The summed E-state index contributed by atoms with van der Waals surface area (Å²) in [5, 5.41) is 11.7. The molecule has 0 aromatic carbocycles. The molecule has 1 aromatic rings. The third kappa shape index (κ3) is 8.12. The van der Waals surface area contributed by atoms with Crippen molar-refractivity contribution in [3.8, 4) is 0 Å². The van der Waals surface area contributed by atoms with E-state index in [0.717, 1.165) is 13.0 Å². The minimum atomic E-state index is -2.84. The first-order chi connectivity index (χ1) is 12.8. The largest absolute Gasteiger partial charge is 0.364 e. The van der Waals surface area contributed by atoms with Gasteiger partial charge in [0.15, 0.2) is 5.69 Å². The lowest BCUT2D eigenvalue weighted by molar-refractivity contribution is 0.0996. The molecule has 4 N–H and O–H groups in total. The fraction of sp³-hybridized carbons (Fsp3) is 0.692. The van der Waals surface area contributed by atoms with Crippen molar-refractivity contribution in [3.05, 3.63) is 12.0 Å². The average Bonchev–Trinajstić information content (AvgIpc) is 3.10. The van der Waals surface area contributed by atoms with Gasteiger partial charge in [0.1, 0.15) is 0 Å². The Balaban J connectivity index is 0.000000271. The van der Waals surface area contributed by atoms with Crippen molar-refractivity contribution in [2.24, 2.45) is 16.1 Å². The first-order valence-electron chi connectivity index (χ1n) is 8.13. The van der Waals surface area contributed by atoms with Crippen LogP contribution in [0.1, 0.15) is 16.9 Å². The van der Waals surface area contributed by atoms with Gasteiger partial charge in [-0.2, -0.15) is 0 Å². The van der Waals surface area contributed by atoms with Gasteiger partial charge < -0.3 is 15.2 Å². The number of hydrogen-bond donors (Lipinski definition) is 3. The highest BCUT2D eigenvalue weighted by Crippen LogP contribution is 2.48. The van der Waals surface area contributed by atoms with E-state index in [4.69, 9.17) is 33.5 Å². The molecule has 154 valence electrons. The molecule has 2 rings (SSSR count). The van der Waals surface area contributed by atoms with Crippen molar-refractivity contribution in [3.63, 3.8) is 0 Å². The summed E-state index contributed by atoms with van der Waals surface area (Å²) in [6.07, 6.45) is 2.23. The zero-order valence-electron chi connectivity index (χ0n) is 15.3. The van der Waals surface area contributed by atoms with E-state index in [9.17, 15) is 9.36 Å². The number of primary amides is 1. The van der Waals surface area contributed by atoms with Crippen molar-refractivity contribution in [2.45, 2.75) is 6.42 Å². The molecule has 0 radical (unpaired) electrons. The van der Waals surface area contributed by atoms with Crippen LogP contribution >= 0.6 is 30.9 Å². The van der Waals surface area contributed by atoms with Crippen molar-refractivity contribution in [2.75, 3.05) is 52.1 Å². The minimum Gasteiger partial charge on any atom is -0.364 e. The van der Waals surface area contributed by atoms with E-state index >= 15 is 0 Å². The van der Waals surface area contributed by atoms with Crippen LogP contribution in [0.4, 0.5) is 5.82 Å². The minimum absolute atomic E-state index is 0.158. The number of nitrogens with one attached hydrogen (secondary N) is 2. The highest BCUT2D eigenvalue weighted by Gasteiger charge is 2.33. The zero-order chi connectivity index (χ0) is 20.3. The molecule has 1 aromatic heterocycles. The topological polar surface area (TPSA) is 141 Å². The molecule has 1 fully saturated rings. The highest BCUT2D eigenvalue weighted by atomic mass is 35.5. The van der Waals surface area contributed by atoms with Crippen LogP contribution in [0, 0.1) is 0 Å². The summed E-state index contributed by atoms with van der Waals surface area (Å²) in [5.41, 5.74) is 5.20. The molecule has 0 bridgehead atoms. The number of H-pyrrole nitrogens is 1. The van der Waals surface area contributed by atoms with Crippen LogP contribution in [-0.4, -0.2) is 77.7 Å². The van der Waals surface area contributed by atoms with Crippen molar-refractivity contribution < 1.29 is 13.9 Å².